The Balaban J connectivity index is 1.64. The molecule has 0 radical (unpaired) electrons. The number of hydrogen-bond acceptors (Lipinski definition) is 7. The first-order valence-corrected chi connectivity index (χ1v) is 14.9. The molecule has 4 aromatic rings. The van der Waals surface area contributed by atoms with Gasteiger partial charge < -0.3 is 10.8 Å². The number of nitrogens with two attached hydrogens (primary N) is 1. The maximum atomic E-state index is 14.4. The number of carbonyl (C=O) groups excluding carboxylic acids is 1. The molecule has 1 heterocycles. The number of primary amides is 1. The van der Waals surface area contributed by atoms with E-state index < -0.39 is 49.8 Å². The smallest absolute Gasteiger partial charge is 0.296 e. The van der Waals surface area contributed by atoms with Gasteiger partial charge in [0.1, 0.15) is 17.5 Å². The summed E-state index contributed by atoms with van der Waals surface area (Å²) < 4.78 is 57.0. The lowest BCUT2D eigenvalue weighted by Gasteiger charge is -2.25. The Kier molecular flexibility index (Phi) is 7.86. The molecule has 5 rings (SSSR count). The normalized spacial score (nSPS) is 13.8. The average molecular weight is 605 g/mol. The summed E-state index contributed by atoms with van der Waals surface area (Å²) in [7, 11) is -4.65. The number of halogens is 2. The highest BCUT2D eigenvalue weighted by atomic mass is 32.2. The van der Waals surface area contributed by atoms with E-state index in [1.54, 1.807) is 6.92 Å². The van der Waals surface area contributed by atoms with Crippen LogP contribution in [-0.2, 0) is 16.3 Å². The number of benzene rings is 3. The van der Waals surface area contributed by atoms with E-state index in [9.17, 15) is 37.2 Å². The molecule has 1 atom stereocenters. The predicted molar refractivity (Wildman–Crippen MR) is 152 cm³/mol. The van der Waals surface area contributed by atoms with Crippen molar-refractivity contribution in [1.29, 1.82) is 5.26 Å². The molecule has 1 amide bonds. The van der Waals surface area contributed by atoms with Crippen LogP contribution in [0.4, 0.5) is 8.78 Å². The van der Waals surface area contributed by atoms with Gasteiger partial charge in [0.15, 0.2) is 4.90 Å². The van der Waals surface area contributed by atoms with E-state index >= 15 is 0 Å². The summed E-state index contributed by atoms with van der Waals surface area (Å²) >= 11 is 0. The van der Waals surface area contributed by atoms with Crippen LogP contribution < -0.4 is 11.3 Å². The van der Waals surface area contributed by atoms with Crippen LogP contribution in [0.25, 0.3) is 11.1 Å². The van der Waals surface area contributed by atoms with Crippen molar-refractivity contribution in [2.45, 2.75) is 48.4 Å². The summed E-state index contributed by atoms with van der Waals surface area (Å²) in [6, 6.07) is 13.3. The number of hydrogen-bond donors (Lipinski definition) is 2. The third kappa shape index (κ3) is 5.76. The lowest BCUT2D eigenvalue weighted by Crippen LogP contribution is -2.28. The van der Waals surface area contributed by atoms with Gasteiger partial charge in [-0.3, -0.25) is 14.2 Å². The second-order valence-electron chi connectivity index (χ2n) is 10.4. The van der Waals surface area contributed by atoms with Crippen LogP contribution in [0.5, 0.6) is 5.88 Å². The first kappa shape index (κ1) is 29.6. The van der Waals surface area contributed by atoms with Gasteiger partial charge in [-0.25, -0.2) is 17.2 Å². The van der Waals surface area contributed by atoms with Crippen LogP contribution in [0, 0.1) is 28.9 Å². The van der Waals surface area contributed by atoms with Gasteiger partial charge in [-0.2, -0.15) is 10.2 Å². The molecule has 1 aromatic heterocycles. The second kappa shape index (κ2) is 11.4. The second-order valence-corrected chi connectivity index (χ2v) is 12.3. The Morgan fingerprint density at radius 2 is 1.81 bits per heavy atom. The SMILES string of the molecule is CC[C@@H](c1cc(F)cc(C#N)c1)n1c(CC2CC2)nc(=O)c(S(=O)(=O)c2ccc(-c3ccc(F)cc3C(N)=O)cc2)c1O. The summed E-state index contributed by atoms with van der Waals surface area (Å²) in [6.45, 7) is 1.74. The van der Waals surface area contributed by atoms with Crippen molar-refractivity contribution >= 4 is 15.7 Å². The highest BCUT2D eigenvalue weighted by molar-refractivity contribution is 7.91. The Bertz CT molecular complexity index is 1960. The van der Waals surface area contributed by atoms with Gasteiger partial charge in [-0.05, 0) is 84.3 Å². The number of nitriles is 1. The zero-order valence-electron chi connectivity index (χ0n) is 22.9. The Morgan fingerprint density at radius 3 is 2.42 bits per heavy atom. The van der Waals surface area contributed by atoms with Crippen molar-refractivity contribution in [3.63, 3.8) is 0 Å². The van der Waals surface area contributed by atoms with Gasteiger partial charge in [0.25, 0.3) is 5.56 Å². The molecule has 3 aromatic carbocycles. The van der Waals surface area contributed by atoms with E-state index in [1.807, 2.05) is 6.07 Å². The molecule has 12 heteroatoms. The molecule has 1 saturated carbocycles. The zero-order valence-corrected chi connectivity index (χ0v) is 23.7. The molecule has 3 N–H and O–H groups in total. The van der Waals surface area contributed by atoms with Crippen molar-refractivity contribution in [2.75, 3.05) is 0 Å². The van der Waals surface area contributed by atoms with Crippen LogP contribution in [0.15, 0.2) is 75.2 Å². The van der Waals surface area contributed by atoms with Crippen molar-refractivity contribution < 1.29 is 27.1 Å². The van der Waals surface area contributed by atoms with Crippen LogP contribution in [0.1, 0.15) is 59.5 Å². The quantitative estimate of drug-likeness (QED) is 0.282. The molecule has 220 valence electrons. The summed E-state index contributed by atoms with van der Waals surface area (Å²) in [4.78, 5) is 27.9. The molecule has 0 saturated heterocycles. The molecule has 0 bridgehead atoms. The average Bonchev–Trinajstić information content (AvgIpc) is 3.78. The van der Waals surface area contributed by atoms with Gasteiger partial charge in [-0.1, -0.05) is 25.1 Å². The molecule has 1 aliphatic carbocycles. The minimum absolute atomic E-state index is 0.0410. The van der Waals surface area contributed by atoms with Crippen molar-refractivity contribution in [1.82, 2.24) is 9.55 Å². The predicted octanol–water partition coefficient (Wildman–Crippen LogP) is 4.65. The summed E-state index contributed by atoms with van der Waals surface area (Å²) in [5, 5.41) is 20.9. The highest BCUT2D eigenvalue weighted by Crippen LogP contribution is 2.38. The van der Waals surface area contributed by atoms with E-state index in [-0.39, 0.29) is 39.7 Å². The monoisotopic (exact) mass is 604 g/mol. The number of nitrogens with zero attached hydrogens (tertiary/aromatic N) is 3. The zero-order chi connectivity index (χ0) is 31.1. The lowest BCUT2D eigenvalue weighted by atomic mass is 9.99. The number of sulfone groups is 1. The summed E-state index contributed by atoms with van der Waals surface area (Å²) in [5.74, 6) is -2.72. The number of amides is 1. The summed E-state index contributed by atoms with van der Waals surface area (Å²) in [5.41, 5.74) is 5.11. The Labute approximate surface area is 245 Å². The third-order valence-electron chi connectivity index (χ3n) is 7.43. The molecular formula is C31H26F2N4O5S. The number of aromatic nitrogens is 2. The van der Waals surface area contributed by atoms with Crippen molar-refractivity contribution in [3.05, 3.63) is 105 Å². The third-order valence-corrected chi connectivity index (χ3v) is 9.21. The van der Waals surface area contributed by atoms with Gasteiger partial charge >= 0.3 is 0 Å². The lowest BCUT2D eigenvalue weighted by molar-refractivity contribution is 0.100. The fourth-order valence-electron chi connectivity index (χ4n) is 5.18. The van der Waals surface area contributed by atoms with E-state index in [0.717, 1.165) is 31.0 Å². The van der Waals surface area contributed by atoms with E-state index in [0.29, 0.717) is 17.5 Å². The van der Waals surface area contributed by atoms with Crippen LogP contribution in [0.3, 0.4) is 0 Å². The molecule has 0 spiro atoms. The van der Waals surface area contributed by atoms with Gasteiger partial charge in [0.2, 0.25) is 21.6 Å². The minimum atomic E-state index is -4.65. The molecule has 1 aliphatic rings. The fraction of sp³-hybridized carbons (Fsp3) is 0.226. The first-order chi connectivity index (χ1) is 20.4. The number of aromatic hydroxyl groups is 1. The van der Waals surface area contributed by atoms with Gasteiger partial charge in [0, 0.05) is 12.0 Å². The van der Waals surface area contributed by atoms with Crippen LogP contribution in [0.2, 0.25) is 0 Å². The van der Waals surface area contributed by atoms with Crippen LogP contribution >= 0.6 is 0 Å². The molecule has 0 unspecified atom stereocenters. The molecule has 43 heavy (non-hydrogen) atoms. The maximum absolute atomic E-state index is 14.4. The maximum Gasteiger partial charge on any atom is 0.296 e. The van der Waals surface area contributed by atoms with E-state index in [2.05, 4.69) is 4.98 Å². The highest BCUT2D eigenvalue weighted by Gasteiger charge is 2.34. The van der Waals surface area contributed by atoms with Gasteiger partial charge in [0.05, 0.1) is 22.6 Å². The van der Waals surface area contributed by atoms with Crippen molar-refractivity contribution in [3.8, 4) is 23.1 Å². The molecule has 1 fully saturated rings. The molecular weight excluding hydrogens is 578 g/mol. The van der Waals surface area contributed by atoms with Crippen molar-refractivity contribution in [2.24, 2.45) is 11.7 Å². The fourth-order valence-corrected chi connectivity index (χ4v) is 6.52. The molecule has 0 aliphatic heterocycles. The van der Waals surface area contributed by atoms with Gasteiger partial charge in [-0.15, -0.1) is 0 Å². The Morgan fingerprint density at radius 1 is 1.12 bits per heavy atom. The van der Waals surface area contributed by atoms with E-state index in [1.165, 1.54) is 47.0 Å². The summed E-state index contributed by atoms with van der Waals surface area (Å²) in [6.07, 6.45) is 2.31. The largest absolute Gasteiger partial charge is 0.493 e. The first-order valence-electron chi connectivity index (χ1n) is 13.4. The molecule has 9 nitrogen and oxygen atoms in total. The van der Waals surface area contributed by atoms with Crippen LogP contribution in [-0.4, -0.2) is 29.0 Å². The topological polar surface area (TPSA) is 156 Å². The van der Waals surface area contributed by atoms with E-state index in [4.69, 9.17) is 5.73 Å². The number of carbonyl (C=O) groups is 1. The standard InChI is InChI=1S/C31H26F2N4O5S/c1-2-26(20-11-18(16-34)12-22(33)14-20)37-27(13-17-3-4-17)36-30(39)28(31(37)40)43(41,42)23-8-5-19(6-9-23)24-10-7-21(32)15-25(24)29(35)38/h5-12,14-15,17,26,40H,2-4,13H2,1H3,(H2,35,38)/t26-/m0/s1. The minimum Gasteiger partial charge on any atom is -0.493 e. The number of rotatable bonds is 9. The Hall–Kier alpha value is -4.89.